The van der Waals surface area contributed by atoms with Gasteiger partial charge >= 0.3 is 0 Å². The maximum Gasteiger partial charge on any atom is 0.181 e. The summed E-state index contributed by atoms with van der Waals surface area (Å²) in [6, 6.07) is 9.59. The first kappa shape index (κ1) is 28.2. The molecule has 4 heterocycles. The summed E-state index contributed by atoms with van der Waals surface area (Å²) in [4.78, 5) is 10.6. The number of H-pyrrole nitrogens is 2. The Hall–Kier alpha value is -4.29. The summed E-state index contributed by atoms with van der Waals surface area (Å²) < 4.78 is 14.9. The molecule has 5 rings (SSSR count). The number of aromatic amines is 2. The van der Waals surface area contributed by atoms with Crippen molar-refractivity contribution in [3.05, 3.63) is 120 Å². The molecule has 1 aliphatic heterocycles. The Morgan fingerprint density at radius 1 is 1.07 bits per heavy atom. The second kappa shape index (κ2) is 12.9. The first-order valence-electron chi connectivity index (χ1n) is 14.4. The number of pyridine rings is 1. The average molecular weight is 548 g/mol. The average Bonchev–Trinajstić information content (AvgIpc) is 3.72. The van der Waals surface area contributed by atoms with Crippen molar-refractivity contribution in [2.75, 3.05) is 19.6 Å². The summed E-state index contributed by atoms with van der Waals surface area (Å²) in [6.45, 7) is 15.2. The first-order chi connectivity index (χ1) is 20.0. The number of allylic oxidation sites excluding steroid dienone is 7. The fourth-order valence-electron chi connectivity index (χ4n) is 5.69. The van der Waals surface area contributed by atoms with Crippen LogP contribution in [0.3, 0.4) is 0 Å². The van der Waals surface area contributed by atoms with Crippen LogP contribution in [0.2, 0.25) is 0 Å². The van der Waals surface area contributed by atoms with Gasteiger partial charge in [0.25, 0.3) is 0 Å². The van der Waals surface area contributed by atoms with Gasteiger partial charge in [0.2, 0.25) is 0 Å². The summed E-state index contributed by atoms with van der Waals surface area (Å²) >= 11 is 0. The molecule has 6 heteroatoms. The molecule has 2 N–H and O–H groups in total. The Kier molecular flexibility index (Phi) is 8.90. The molecule has 210 valence electrons. The molecule has 1 fully saturated rings. The number of fused-ring (bicyclic) bond motifs is 1. The van der Waals surface area contributed by atoms with Crippen molar-refractivity contribution in [3.63, 3.8) is 0 Å². The zero-order chi connectivity index (χ0) is 28.8. The molecule has 0 unspecified atom stereocenters. The zero-order valence-electron chi connectivity index (χ0n) is 24.0. The Balaban J connectivity index is 1.47. The van der Waals surface area contributed by atoms with Crippen molar-refractivity contribution in [3.8, 4) is 11.4 Å². The topological polar surface area (TPSA) is 60.6 Å². The normalized spacial score (nSPS) is 14.9. The van der Waals surface area contributed by atoms with E-state index < -0.39 is 0 Å². The highest BCUT2D eigenvalue weighted by Crippen LogP contribution is 2.34. The Bertz CT molecular complexity index is 1640. The van der Waals surface area contributed by atoms with Gasteiger partial charge < -0.3 is 9.88 Å². The maximum absolute atomic E-state index is 14.9. The molecular weight excluding hydrogens is 509 g/mol. The van der Waals surface area contributed by atoms with Gasteiger partial charge in [-0.1, -0.05) is 55.7 Å². The van der Waals surface area contributed by atoms with Crippen LogP contribution in [0.5, 0.6) is 0 Å². The SMILES string of the molecule is C=C/C=C\C(=C/C)c1cnc2n[nH]c(-c3cc(/C(=C\C=C)c4cc(F)cc(CCCN5CCCC5)c4)c(C)[nH]3)c2c1. The van der Waals surface area contributed by atoms with Crippen LogP contribution < -0.4 is 0 Å². The number of hydrogen-bond donors (Lipinski definition) is 2. The van der Waals surface area contributed by atoms with Crippen LogP contribution >= 0.6 is 0 Å². The first-order valence-corrected chi connectivity index (χ1v) is 14.4. The van der Waals surface area contributed by atoms with Crippen LogP contribution in [0.1, 0.15) is 54.1 Å². The minimum absolute atomic E-state index is 0.217. The van der Waals surface area contributed by atoms with Crippen molar-refractivity contribution in [1.82, 2.24) is 25.1 Å². The molecule has 0 radical (unpaired) electrons. The number of aromatic nitrogens is 4. The molecule has 1 saturated heterocycles. The van der Waals surface area contributed by atoms with Crippen molar-refractivity contribution in [2.45, 2.75) is 39.5 Å². The van der Waals surface area contributed by atoms with E-state index in [0.29, 0.717) is 5.65 Å². The van der Waals surface area contributed by atoms with E-state index in [0.717, 1.165) is 75.3 Å². The summed E-state index contributed by atoms with van der Waals surface area (Å²) in [6.07, 6.45) is 17.7. The van der Waals surface area contributed by atoms with Crippen molar-refractivity contribution in [2.24, 2.45) is 0 Å². The van der Waals surface area contributed by atoms with Crippen LogP contribution in [0.4, 0.5) is 4.39 Å². The van der Waals surface area contributed by atoms with Gasteiger partial charge in [0, 0.05) is 28.4 Å². The van der Waals surface area contributed by atoms with E-state index in [9.17, 15) is 4.39 Å². The number of nitrogens with zero attached hydrogens (tertiary/aromatic N) is 3. The number of rotatable bonds is 11. The van der Waals surface area contributed by atoms with Crippen molar-refractivity contribution >= 4 is 22.2 Å². The van der Waals surface area contributed by atoms with E-state index in [1.165, 1.54) is 25.9 Å². The lowest BCUT2D eigenvalue weighted by atomic mass is 9.94. The van der Waals surface area contributed by atoms with Crippen LogP contribution in [0, 0.1) is 12.7 Å². The summed E-state index contributed by atoms with van der Waals surface area (Å²) in [5.41, 5.74) is 9.19. The van der Waals surface area contributed by atoms with E-state index in [4.69, 9.17) is 0 Å². The standard InChI is InChI=1S/C35H38FN5/c1-5-8-14-26(7-3)28-21-32-34(39-40-35(32)37-23-28)33-22-31(24(4)38-33)30(12-6-2)27-18-25(19-29(36)20-27)13-11-17-41-15-9-10-16-41/h5-8,12,14,18-23,38H,1-2,9-11,13,15-17H2,3-4H3,(H,37,39,40)/b14-8-,26-7+,30-12-. The van der Waals surface area contributed by atoms with Gasteiger partial charge in [0.05, 0.1) is 11.4 Å². The highest BCUT2D eigenvalue weighted by Gasteiger charge is 2.18. The number of likely N-dealkylation sites (tertiary alicyclic amines) is 1. The van der Waals surface area contributed by atoms with E-state index in [1.54, 1.807) is 24.3 Å². The molecule has 5 nitrogen and oxygen atoms in total. The molecule has 1 aromatic carbocycles. The molecule has 3 aromatic heterocycles. The largest absolute Gasteiger partial charge is 0.357 e. The van der Waals surface area contributed by atoms with E-state index in [2.05, 4.69) is 56.4 Å². The molecule has 0 amide bonds. The van der Waals surface area contributed by atoms with Gasteiger partial charge in [-0.25, -0.2) is 9.37 Å². The molecule has 4 aromatic rings. The fourth-order valence-corrected chi connectivity index (χ4v) is 5.69. The quantitative estimate of drug-likeness (QED) is 0.186. The van der Waals surface area contributed by atoms with Gasteiger partial charge in [-0.05, 0) is 106 Å². The summed E-state index contributed by atoms with van der Waals surface area (Å²) in [5, 5.41) is 8.54. The van der Waals surface area contributed by atoms with Crippen LogP contribution in [0.15, 0.2) is 86.1 Å². The van der Waals surface area contributed by atoms with Crippen LogP contribution in [-0.2, 0) is 6.42 Å². The molecule has 0 saturated carbocycles. The second-order valence-corrected chi connectivity index (χ2v) is 10.6. The molecule has 0 spiro atoms. The number of aryl methyl sites for hydroxylation is 2. The van der Waals surface area contributed by atoms with Gasteiger partial charge in [0.1, 0.15) is 5.82 Å². The molecule has 0 aliphatic carbocycles. The minimum atomic E-state index is -0.217. The molecule has 0 atom stereocenters. The summed E-state index contributed by atoms with van der Waals surface area (Å²) in [7, 11) is 0. The van der Waals surface area contributed by atoms with Crippen LogP contribution in [0.25, 0.3) is 33.6 Å². The highest BCUT2D eigenvalue weighted by molar-refractivity contribution is 5.94. The minimum Gasteiger partial charge on any atom is -0.357 e. The predicted molar refractivity (Wildman–Crippen MR) is 169 cm³/mol. The number of halogens is 1. The van der Waals surface area contributed by atoms with Crippen molar-refractivity contribution < 1.29 is 4.39 Å². The third-order valence-corrected chi connectivity index (χ3v) is 7.73. The molecule has 0 bridgehead atoms. The lowest BCUT2D eigenvalue weighted by molar-refractivity contribution is 0.334. The van der Waals surface area contributed by atoms with Gasteiger partial charge in [0.15, 0.2) is 5.65 Å². The van der Waals surface area contributed by atoms with Crippen molar-refractivity contribution in [1.29, 1.82) is 0 Å². The Labute approximate surface area is 241 Å². The number of benzene rings is 1. The lowest BCUT2D eigenvalue weighted by Gasteiger charge is -2.15. The molecule has 41 heavy (non-hydrogen) atoms. The summed E-state index contributed by atoms with van der Waals surface area (Å²) in [5.74, 6) is -0.217. The van der Waals surface area contributed by atoms with Gasteiger partial charge in [-0.3, -0.25) is 5.10 Å². The fraction of sp³-hybridized carbons (Fsp3) is 0.257. The third kappa shape index (κ3) is 6.39. The molecule has 1 aliphatic rings. The smallest absolute Gasteiger partial charge is 0.181 e. The van der Waals surface area contributed by atoms with E-state index >= 15 is 0 Å². The Morgan fingerprint density at radius 2 is 1.90 bits per heavy atom. The number of nitrogens with one attached hydrogen (secondary N) is 2. The third-order valence-electron chi connectivity index (χ3n) is 7.73. The monoisotopic (exact) mass is 547 g/mol. The van der Waals surface area contributed by atoms with E-state index in [1.807, 2.05) is 44.3 Å². The van der Waals surface area contributed by atoms with Crippen LogP contribution in [-0.4, -0.2) is 44.7 Å². The Morgan fingerprint density at radius 3 is 2.66 bits per heavy atom. The second-order valence-electron chi connectivity index (χ2n) is 10.6. The lowest BCUT2D eigenvalue weighted by Crippen LogP contribution is -2.20. The predicted octanol–water partition coefficient (Wildman–Crippen LogP) is 8.19. The van der Waals surface area contributed by atoms with Gasteiger partial charge in [-0.15, -0.1) is 0 Å². The number of hydrogen-bond acceptors (Lipinski definition) is 3. The maximum atomic E-state index is 14.9. The highest BCUT2D eigenvalue weighted by atomic mass is 19.1. The van der Waals surface area contributed by atoms with E-state index in [-0.39, 0.29) is 5.82 Å². The zero-order valence-corrected chi connectivity index (χ0v) is 24.0. The molecular formula is C35H38FN5. The van der Waals surface area contributed by atoms with Gasteiger partial charge in [-0.2, -0.15) is 5.10 Å².